The molecule has 29 heavy (non-hydrogen) atoms. The van der Waals surface area contributed by atoms with E-state index in [-0.39, 0.29) is 22.2 Å². The number of carbonyl (C=O) groups is 2. The molecular formula is C21H19IN2O4S. The lowest BCUT2D eigenvalue weighted by molar-refractivity contribution is -0.127. The molecule has 1 aliphatic heterocycles. The van der Waals surface area contributed by atoms with Gasteiger partial charge in [-0.3, -0.25) is 19.4 Å². The quantitative estimate of drug-likeness (QED) is 0.279. The molecule has 0 unspecified atom stereocenters. The highest BCUT2D eigenvalue weighted by molar-refractivity contribution is 14.1. The number of para-hydroxylation sites is 1. The Balaban J connectivity index is 2.12. The van der Waals surface area contributed by atoms with Crippen molar-refractivity contribution in [3.63, 3.8) is 0 Å². The van der Waals surface area contributed by atoms with Crippen LogP contribution in [0.15, 0.2) is 48.0 Å². The molecule has 150 valence electrons. The van der Waals surface area contributed by atoms with Gasteiger partial charge in [0.25, 0.3) is 11.8 Å². The highest BCUT2D eigenvalue weighted by Gasteiger charge is 2.39. The number of anilines is 1. The molecule has 0 spiro atoms. The molecule has 6 nitrogen and oxygen atoms in total. The van der Waals surface area contributed by atoms with Gasteiger partial charge in [0.1, 0.15) is 5.57 Å². The van der Waals surface area contributed by atoms with Gasteiger partial charge in [0.15, 0.2) is 16.6 Å². The summed E-state index contributed by atoms with van der Waals surface area (Å²) in [5.41, 5.74) is 1.16. The third-order valence-corrected chi connectivity index (χ3v) is 5.60. The van der Waals surface area contributed by atoms with Crippen LogP contribution in [0.4, 0.5) is 5.69 Å². The van der Waals surface area contributed by atoms with Crippen molar-refractivity contribution in [3.8, 4) is 11.5 Å². The largest absolute Gasteiger partial charge is 0.504 e. The minimum Gasteiger partial charge on any atom is -0.504 e. The molecule has 1 heterocycles. The Morgan fingerprint density at radius 2 is 1.86 bits per heavy atom. The average molecular weight is 522 g/mol. The monoisotopic (exact) mass is 522 g/mol. The van der Waals surface area contributed by atoms with Crippen LogP contribution in [0.3, 0.4) is 0 Å². The van der Waals surface area contributed by atoms with Crippen LogP contribution < -0.4 is 9.64 Å². The molecular weight excluding hydrogens is 503 g/mol. The molecule has 0 bridgehead atoms. The predicted molar refractivity (Wildman–Crippen MR) is 124 cm³/mol. The van der Waals surface area contributed by atoms with Gasteiger partial charge in [-0.1, -0.05) is 25.1 Å². The zero-order valence-corrected chi connectivity index (χ0v) is 18.9. The molecule has 2 amide bonds. The number of phenolic OH excluding ortho intramolecular Hbond substituents is 1. The Labute approximate surface area is 187 Å². The van der Waals surface area contributed by atoms with Crippen LogP contribution >= 0.6 is 34.8 Å². The number of nitrogens with zero attached hydrogens (tertiary/aromatic N) is 2. The lowest BCUT2D eigenvalue weighted by atomic mass is 10.0. The Kier molecular flexibility index (Phi) is 6.53. The van der Waals surface area contributed by atoms with Crippen molar-refractivity contribution < 1.29 is 19.4 Å². The van der Waals surface area contributed by atoms with Crippen molar-refractivity contribution in [2.75, 3.05) is 18.6 Å². The van der Waals surface area contributed by atoms with E-state index in [4.69, 9.17) is 17.0 Å². The summed E-state index contributed by atoms with van der Waals surface area (Å²) < 4.78 is 5.73. The first-order valence-electron chi connectivity index (χ1n) is 8.92. The Bertz CT molecular complexity index is 1010. The molecule has 8 heteroatoms. The van der Waals surface area contributed by atoms with Crippen molar-refractivity contribution >= 4 is 63.5 Å². The number of aromatic hydroxyl groups is 1. The normalized spacial score (nSPS) is 16.0. The van der Waals surface area contributed by atoms with E-state index in [0.29, 0.717) is 27.8 Å². The minimum atomic E-state index is -0.486. The van der Waals surface area contributed by atoms with Gasteiger partial charge in [0.05, 0.1) is 16.4 Å². The van der Waals surface area contributed by atoms with Crippen LogP contribution in [0.25, 0.3) is 6.08 Å². The third-order valence-electron chi connectivity index (χ3n) is 4.37. The summed E-state index contributed by atoms with van der Waals surface area (Å²) in [6.45, 7) is 2.35. The van der Waals surface area contributed by atoms with E-state index in [0.717, 1.165) is 0 Å². The fourth-order valence-electron chi connectivity index (χ4n) is 3.00. The molecule has 1 saturated heterocycles. The second-order valence-electron chi connectivity index (χ2n) is 6.33. The van der Waals surface area contributed by atoms with Gasteiger partial charge in [0.2, 0.25) is 0 Å². The van der Waals surface area contributed by atoms with Crippen LogP contribution in [0.5, 0.6) is 11.5 Å². The topological polar surface area (TPSA) is 70.1 Å². The van der Waals surface area contributed by atoms with Crippen LogP contribution in [0.1, 0.15) is 18.9 Å². The number of phenols is 1. The fourth-order valence-corrected chi connectivity index (χ4v) is 3.99. The Hall–Kier alpha value is -2.46. The zero-order chi connectivity index (χ0) is 21.1. The van der Waals surface area contributed by atoms with Gasteiger partial charge >= 0.3 is 0 Å². The number of rotatable bonds is 5. The summed E-state index contributed by atoms with van der Waals surface area (Å²) in [4.78, 5) is 29.1. The van der Waals surface area contributed by atoms with E-state index in [1.54, 1.807) is 24.3 Å². The van der Waals surface area contributed by atoms with Gasteiger partial charge in [-0.25, -0.2) is 0 Å². The Morgan fingerprint density at radius 1 is 1.17 bits per heavy atom. The summed E-state index contributed by atoms with van der Waals surface area (Å²) in [5, 5.41) is 10.2. The molecule has 3 rings (SSSR count). The number of hydrogen-bond donors (Lipinski definition) is 1. The summed E-state index contributed by atoms with van der Waals surface area (Å²) in [6, 6.07) is 12.3. The highest BCUT2D eigenvalue weighted by Crippen LogP contribution is 2.34. The number of benzene rings is 2. The SMILES string of the molecule is CCCN1C(=O)/C(=C\c2cc(I)c(O)c(OC)c2)C(=O)N(c2ccccc2)C1=S. The number of carbonyl (C=O) groups excluding carboxylic acids is 2. The molecule has 0 aliphatic carbocycles. The van der Waals surface area contributed by atoms with Crippen LogP contribution in [-0.2, 0) is 9.59 Å². The molecule has 1 fully saturated rings. The maximum absolute atomic E-state index is 13.2. The van der Waals surface area contributed by atoms with Crippen molar-refractivity contribution in [1.82, 2.24) is 4.90 Å². The van der Waals surface area contributed by atoms with E-state index in [2.05, 4.69) is 0 Å². The smallest absolute Gasteiger partial charge is 0.270 e. The van der Waals surface area contributed by atoms with E-state index >= 15 is 0 Å². The second kappa shape index (κ2) is 8.91. The van der Waals surface area contributed by atoms with Gasteiger partial charge in [0, 0.05) is 6.54 Å². The van der Waals surface area contributed by atoms with Gasteiger partial charge in [-0.15, -0.1) is 0 Å². The first-order chi connectivity index (χ1) is 13.9. The van der Waals surface area contributed by atoms with Gasteiger partial charge < -0.3 is 9.84 Å². The molecule has 0 atom stereocenters. The van der Waals surface area contributed by atoms with E-state index in [9.17, 15) is 14.7 Å². The molecule has 1 N–H and O–H groups in total. The number of methoxy groups -OCH3 is 1. The molecule has 2 aromatic rings. The second-order valence-corrected chi connectivity index (χ2v) is 7.85. The number of ether oxygens (including phenoxy) is 1. The lowest BCUT2D eigenvalue weighted by Crippen LogP contribution is -2.56. The number of thiocarbonyl (C=S) groups is 1. The molecule has 0 saturated carbocycles. The standard InChI is InChI=1S/C21H19IN2O4S/c1-3-9-23-19(26)15(10-13-11-16(22)18(25)17(12-13)28-2)20(27)24(21(23)29)14-7-5-4-6-8-14/h4-8,10-12,25H,3,9H2,1-2H3/b15-10+. The first kappa shape index (κ1) is 21.3. The van der Waals surface area contributed by atoms with Gasteiger partial charge in [-0.05, 0) is 77.1 Å². The first-order valence-corrected chi connectivity index (χ1v) is 10.4. The Morgan fingerprint density at radius 3 is 2.48 bits per heavy atom. The molecule has 0 aromatic heterocycles. The zero-order valence-electron chi connectivity index (χ0n) is 15.9. The summed E-state index contributed by atoms with van der Waals surface area (Å²) in [5.74, 6) is -0.645. The van der Waals surface area contributed by atoms with Crippen molar-refractivity contribution in [3.05, 3.63) is 57.2 Å². The predicted octanol–water partition coefficient (Wildman–Crippen LogP) is 3.96. The summed E-state index contributed by atoms with van der Waals surface area (Å²) in [6.07, 6.45) is 2.20. The van der Waals surface area contributed by atoms with E-state index in [1.165, 1.54) is 23.0 Å². The molecule has 2 aromatic carbocycles. The number of hydrogen-bond acceptors (Lipinski definition) is 5. The van der Waals surface area contributed by atoms with Crippen molar-refractivity contribution in [2.45, 2.75) is 13.3 Å². The number of amides is 2. The third kappa shape index (κ3) is 4.13. The van der Waals surface area contributed by atoms with Crippen LogP contribution in [0, 0.1) is 3.57 Å². The fraction of sp³-hybridized carbons (Fsp3) is 0.190. The van der Waals surface area contributed by atoms with Crippen molar-refractivity contribution in [2.24, 2.45) is 0 Å². The maximum atomic E-state index is 13.2. The minimum absolute atomic E-state index is 0.000513. The summed E-state index contributed by atoms with van der Waals surface area (Å²) >= 11 is 7.44. The average Bonchev–Trinajstić information content (AvgIpc) is 2.72. The van der Waals surface area contributed by atoms with Crippen LogP contribution in [-0.4, -0.2) is 40.6 Å². The number of halogens is 1. The lowest BCUT2D eigenvalue weighted by Gasteiger charge is -2.36. The van der Waals surface area contributed by atoms with Gasteiger partial charge in [-0.2, -0.15) is 0 Å². The molecule has 0 radical (unpaired) electrons. The maximum Gasteiger partial charge on any atom is 0.270 e. The van der Waals surface area contributed by atoms with Crippen LogP contribution in [0.2, 0.25) is 0 Å². The van der Waals surface area contributed by atoms with Crippen molar-refractivity contribution in [1.29, 1.82) is 0 Å². The molecule has 1 aliphatic rings. The highest BCUT2D eigenvalue weighted by atomic mass is 127. The van der Waals surface area contributed by atoms with E-state index in [1.807, 2.05) is 47.7 Å². The summed E-state index contributed by atoms with van der Waals surface area (Å²) in [7, 11) is 1.44. The van der Waals surface area contributed by atoms with E-state index < -0.39 is 11.8 Å².